The van der Waals surface area contributed by atoms with Gasteiger partial charge in [0.25, 0.3) is 0 Å². The molecule has 1 aliphatic carbocycles. The van der Waals surface area contributed by atoms with Crippen LogP contribution in [0.25, 0.3) is 10.6 Å². The highest BCUT2D eigenvalue weighted by Crippen LogP contribution is 2.34. The number of aryl methyl sites for hydroxylation is 1. The van der Waals surface area contributed by atoms with E-state index in [-0.39, 0.29) is 11.9 Å². The second-order valence-corrected chi connectivity index (χ2v) is 6.04. The van der Waals surface area contributed by atoms with E-state index in [1.807, 2.05) is 0 Å². The molecule has 1 aromatic carbocycles. The molecule has 1 atom stereocenters. The summed E-state index contributed by atoms with van der Waals surface area (Å²) in [5.41, 5.74) is 7.48. The van der Waals surface area contributed by atoms with Gasteiger partial charge in [0, 0.05) is 21.5 Å². The van der Waals surface area contributed by atoms with E-state index in [1.54, 1.807) is 12.1 Å². The molecule has 3 rings (SSSR count). The molecule has 18 heavy (non-hydrogen) atoms. The highest BCUT2D eigenvalue weighted by Gasteiger charge is 2.21. The van der Waals surface area contributed by atoms with Crippen molar-refractivity contribution in [2.24, 2.45) is 5.73 Å². The Balaban J connectivity index is 2.05. The van der Waals surface area contributed by atoms with Gasteiger partial charge >= 0.3 is 0 Å². The quantitative estimate of drug-likeness (QED) is 0.870. The standard InChI is InChI=1S/C13H12ClFN2S/c14-7-1-3-10(15)9(5-7)13-17-11-4-2-8(16)6-12(11)18-13/h1,3,5,8H,2,4,6,16H2/t8-/m0/s1. The molecule has 1 heterocycles. The van der Waals surface area contributed by atoms with Gasteiger partial charge in [0.15, 0.2) is 0 Å². The molecule has 0 saturated carbocycles. The van der Waals surface area contributed by atoms with Crippen LogP contribution in [-0.2, 0) is 12.8 Å². The van der Waals surface area contributed by atoms with Crippen LogP contribution in [0.4, 0.5) is 4.39 Å². The summed E-state index contributed by atoms with van der Waals surface area (Å²) in [6.45, 7) is 0. The molecule has 0 saturated heterocycles. The molecule has 0 amide bonds. The van der Waals surface area contributed by atoms with Gasteiger partial charge in [0.1, 0.15) is 10.8 Å². The number of aromatic nitrogens is 1. The number of nitrogens with two attached hydrogens (primary N) is 1. The molecule has 5 heteroatoms. The molecule has 0 unspecified atom stereocenters. The van der Waals surface area contributed by atoms with Gasteiger partial charge in [-0.15, -0.1) is 11.3 Å². The number of thiazole rings is 1. The maximum atomic E-state index is 13.8. The van der Waals surface area contributed by atoms with Gasteiger partial charge in [-0.25, -0.2) is 9.37 Å². The van der Waals surface area contributed by atoms with Gasteiger partial charge in [0.2, 0.25) is 0 Å². The molecule has 2 aromatic rings. The van der Waals surface area contributed by atoms with Crippen molar-refractivity contribution in [3.63, 3.8) is 0 Å². The second-order valence-electron chi connectivity index (χ2n) is 4.52. The SMILES string of the molecule is N[C@H]1CCc2nc(-c3cc(Cl)ccc3F)sc2C1. The summed E-state index contributed by atoms with van der Waals surface area (Å²) in [7, 11) is 0. The van der Waals surface area contributed by atoms with Crippen LogP contribution in [0, 0.1) is 5.82 Å². The Kier molecular flexibility index (Phi) is 3.09. The molecule has 2 nitrogen and oxygen atoms in total. The van der Waals surface area contributed by atoms with E-state index < -0.39 is 0 Å². The number of hydrogen-bond donors (Lipinski definition) is 1. The Bertz CT molecular complexity index is 597. The molecule has 94 valence electrons. The fourth-order valence-corrected chi connectivity index (χ4v) is 3.57. The average Bonchev–Trinajstić information content (AvgIpc) is 2.74. The summed E-state index contributed by atoms with van der Waals surface area (Å²) in [5.74, 6) is -0.283. The van der Waals surface area contributed by atoms with Crippen molar-refractivity contribution in [1.29, 1.82) is 0 Å². The van der Waals surface area contributed by atoms with Gasteiger partial charge in [-0.05, 0) is 37.5 Å². The molecule has 1 aliphatic rings. The average molecular weight is 283 g/mol. The molecular weight excluding hydrogens is 271 g/mol. The lowest BCUT2D eigenvalue weighted by atomic mass is 9.99. The summed E-state index contributed by atoms with van der Waals surface area (Å²) in [5, 5.41) is 1.23. The van der Waals surface area contributed by atoms with Crippen molar-refractivity contribution in [2.75, 3.05) is 0 Å². The van der Waals surface area contributed by atoms with Crippen LogP contribution in [0.2, 0.25) is 5.02 Å². The normalized spacial score (nSPS) is 18.7. The first-order valence-electron chi connectivity index (χ1n) is 5.83. The molecule has 0 radical (unpaired) electrons. The first-order valence-corrected chi connectivity index (χ1v) is 7.02. The summed E-state index contributed by atoms with van der Waals surface area (Å²) < 4.78 is 13.8. The summed E-state index contributed by atoms with van der Waals surface area (Å²) >= 11 is 7.43. The van der Waals surface area contributed by atoms with E-state index in [1.165, 1.54) is 22.3 Å². The smallest absolute Gasteiger partial charge is 0.133 e. The Labute approximate surface area is 114 Å². The topological polar surface area (TPSA) is 38.9 Å². The molecular formula is C13H12ClFN2S. The highest BCUT2D eigenvalue weighted by atomic mass is 35.5. The van der Waals surface area contributed by atoms with E-state index in [9.17, 15) is 4.39 Å². The van der Waals surface area contributed by atoms with Crippen LogP contribution in [0.1, 0.15) is 17.0 Å². The Morgan fingerprint density at radius 3 is 3.11 bits per heavy atom. The number of benzene rings is 1. The fraction of sp³-hybridized carbons (Fsp3) is 0.308. The first-order chi connectivity index (χ1) is 8.63. The minimum atomic E-state index is -0.283. The van der Waals surface area contributed by atoms with Gasteiger partial charge in [0.05, 0.1) is 5.69 Å². The van der Waals surface area contributed by atoms with Crippen molar-refractivity contribution in [2.45, 2.75) is 25.3 Å². The van der Waals surface area contributed by atoms with Crippen molar-refractivity contribution < 1.29 is 4.39 Å². The molecule has 0 aliphatic heterocycles. The maximum absolute atomic E-state index is 13.8. The minimum Gasteiger partial charge on any atom is -0.327 e. The van der Waals surface area contributed by atoms with E-state index in [4.69, 9.17) is 17.3 Å². The lowest BCUT2D eigenvalue weighted by molar-refractivity contribution is 0.576. The van der Waals surface area contributed by atoms with E-state index in [2.05, 4.69) is 4.98 Å². The number of nitrogens with zero attached hydrogens (tertiary/aromatic N) is 1. The van der Waals surface area contributed by atoms with Crippen LogP contribution in [0.15, 0.2) is 18.2 Å². The maximum Gasteiger partial charge on any atom is 0.133 e. The van der Waals surface area contributed by atoms with Gasteiger partial charge in [-0.2, -0.15) is 0 Å². The lowest BCUT2D eigenvalue weighted by Gasteiger charge is -2.15. The van der Waals surface area contributed by atoms with E-state index >= 15 is 0 Å². The minimum absolute atomic E-state index is 0.204. The van der Waals surface area contributed by atoms with Gasteiger partial charge in [-0.3, -0.25) is 0 Å². The number of fused-ring (bicyclic) bond motifs is 1. The van der Waals surface area contributed by atoms with Crippen molar-refractivity contribution in [3.05, 3.63) is 39.6 Å². The third-order valence-corrected chi connectivity index (χ3v) is 4.52. The molecule has 1 aromatic heterocycles. The monoisotopic (exact) mass is 282 g/mol. The number of hydrogen-bond acceptors (Lipinski definition) is 3. The third kappa shape index (κ3) is 2.16. The van der Waals surface area contributed by atoms with Crippen LogP contribution in [0.3, 0.4) is 0 Å². The number of rotatable bonds is 1. The Morgan fingerprint density at radius 1 is 1.44 bits per heavy atom. The Hall–Kier alpha value is -0.970. The fourth-order valence-electron chi connectivity index (χ4n) is 2.18. The highest BCUT2D eigenvalue weighted by molar-refractivity contribution is 7.15. The van der Waals surface area contributed by atoms with Gasteiger partial charge in [-0.1, -0.05) is 11.6 Å². The molecule has 0 spiro atoms. The summed E-state index contributed by atoms with van der Waals surface area (Å²) in [4.78, 5) is 5.71. The zero-order valence-electron chi connectivity index (χ0n) is 9.62. The zero-order valence-corrected chi connectivity index (χ0v) is 11.2. The third-order valence-electron chi connectivity index (χ3n) is 3.14. The van der Waals surface area contributed by atoms with E-state index in [0.29, 0.717) is 15.6 Å². The van der Waals surface area contributed by atoms with Crippen LogP contribution < -0.4 is 5.73 Å². The Morgan fingerprint density at radius 2 is 2.28 bits per heavy atom. The second kappa shape index (κ2) is 4.61. The summed E-state index contributed by atoms with van der Waals surface area (Å²) in [6.07, 6.45) is 2.68. The van der Waals surface area contributed by atoms with Gasteiger partial charge < -0.3 is 5.73 Å². The molecule has 2 N–H and O–H groups in total. The van der Waals surface area contributed by atoms with Crippen LogP contribution in [0.5, 0.6) is 0 Å². The largest absolute Gasteiger partial charge is 0.327 e. The van der Waals surface area contributed by atoms with Crippen molar-refractivity contribution >= 4 is 22.9 Å². The van der Waals surface area contributed by atoms with Crippen molar-refractivity contribution in [3.8, 4) is 10.6 Å². The summed E-state index contributed by atoms with van der Waals surface area (Å²) in [6, 6.07) is 4.75. The predicted octanol–water partition coefficient (Wildman–Crippen LogP) is 3.42. The lowest BCUT2D eigenvalue weighted by Crippen LogP contribution is -2.26. The first kappa shape index (κ1) is 12.1. The predicted molar refractivity (Wildman–Crippen MR) is 72.5 cm³/mol. The van der Waals surface area contributed by atoms with Crippen LogP contribution in [-0.4, -0.2) is 11.0 Å². The zero-order chi connectivity index (χ0) is 12.7. The number of halogens is 2. The molecule has 0 bridgehead atoms. The van der Waals surface area contributed by atoms with Crippen LogP contribution >= 0.6 is 22.9 Å². The molecule has 0 fully saturated rings. The van der Waals surface area contributed by atoms with Crippen molar-refractivity contribution in [1.82, 2.24) is 4.98 Å². The van der Waals surface area contributed by atoms with E-state index in [0.717, 1.165) is 25.0 Å².